The predicted octanol–water partition coefficient (Wildman–Crippen LogP) is 3.16. The van der Waals surface area contributed by atoms with Crippen molar-refractivity contribution in [3.63, 3.8) is 0 Å². The fourth-order valence-electron chi connectivity index (χ4n) is 4.04. The lowest BCUT2D eigenvalue weighted by molar-refractivity contribution is -0.118. The van der Waals surface area contributed by atoms with Gasteiger partial charge in [0.25, 0.3) is 0 Å². The molecule has 2 heterocycles. The van der Waals surface area contributed by atoms with Gasteiger partial charge >= 0.3 is 0 Å². The first kappa shape index (κ1) is 14.6. The highest BCUT2D eigenvalue weighted by Gasteiger charge is 2.56. The van der Waals surface area contributed by atoms with E-state index in [1.54, 1.807) is 0 Å². The molecular weight excluding hydrogens is 326 g/mol. The van der Waals surface area contributed by atoms with E-state index >= 15 is 0 Å². The van der Waals surface area contributed by atoms with E-state index in [0.29, 0.717) is 22.6 Å². The van der Waals surface area contributed by atoms with Gasteiger partial charge in [-0.05, 0) is 11.5 Å². The van der Waals surface area contributed by atoms with Crippen LogP contribution in [0.15, 0.2) is 72.1 Å². The van der Waals surface area contributed by atoms with Crippen molar-refractivity contribution >= 4 is 22.4 Å². The molecule has 5 rings (SSSR count). The van der Waals surface area contributed by atoms with E-state index in [4.69, 9.17) is 10.5 Å². The highest BCUT2D eigenvalue weighted by Crippen LogP contribution is 2.54. The number of nitrogens with zero attached hydrogens (tertiary/aromatic N) is 1. The van der Waals surface area contributed by atoms with Crippen molar-refractivity contribution in [2.24, 2.45) is 5.73 Å². The van der Waals surface area contributed by atoms with Crippen molar-refractivity contribution in [3.05, 3.63) is 83.2 Å². The molecule has 2 aliphatic heterocycles. The standard InChI is InChI=1S/C21H13N3O2/c22-11-16-19(23)26-18-13-6-2-1-5-12(13)9-10-15(18)21(16)14-7-3-4-8-17(14)24-20(21)25/h1-10H,23H2,(H,24,25). The van der Waals surface area contributed by atoms with E-state index in [9.17, 15) is 10.1 Å². The number of nitrogens with one attached hydrogen (secondary N) is 1. The lowest BCUT2D eigenvalue weighted by atomic mass is 9.68. The first-order valence-corrected chi connectivity index (χ1v) is 8.19. The SMILES string of the molecule is N#CC1=C(N)Oc2c(ccc3ccccc23)C12C(=O)Nc1ccccc12. The zero-order valence-electron chi connectivity index (χ0n) is 13.6. The van der Waals surface area contributed by atoms with E-state index in [1.807, 2.05) is 60.7 Å². The molecule has 5 heteroatoms. The molecule has 3 N–H and O–H groups in total. The van der Waals surface area contributed by atoms with Crippen LogP contribution in [0.3, 0.4) is 0 Å². The van der Waals surface area contributed by atoms with Gasteiger partial charge in [0.05, 0.1) is 0 Å². The maximum Gasteiger partial charge on any atom is 0.245 e. The largest absolute Gasteiger partial charge is 0.439 e. The molecule has 1 atom stereocenters. The second-order valence-corrected chi connectivity index (χ2v) is 6.37. The van der Waals surface area contributed by atoms with Crippen molar-refractivity contribution < 1.29 is 9.53 Å². The second-order valence-electron chi connectivity index (χ2n) is 6.37. The van der Waals surface area contributed by atoms with Crippen LogP contribution in [0.5, 0.6) is 5.75 Å². The van der Waals surface area contributed by atoms with Crippen molar-refractivity contribution in [1.29, 1.82) is 5.26 Å². The minimum absolute atomic E-state index is 0.0387. The Balaban J connectivity index is 1.97. The van der Waals surface area contributed by atoms with Crippen LogP contribution < -0.4 is 15.8 Å². The molecule has 1 unspecified atom stereocenters. The summed E-state index contributed by atoms with van der Waals surface area (Å²) in [5, 5.41) is 14.5. The molecule has 5 nitrogen and oxygen atoms in total. The van der Waals surface area contributed by atoms with Gasteiger partial charge in [0.1, 0.15) is 22.8 Å². The molecule has 1 amide bonds. The minimum Gasteiger partial charge on any atom is -0.439 e. The van der Waals surface area contributed by atoms with Crippen molar-refractivity contribution in [2.45, 2.75) is 5.41 Å². The van der Waals surface area contributed by atoms with Crippen LogP contribution in [0.1, 0.15) is 11.1 Å². The van der Waals surface area contributed by atoms with Crippen LogP contribution >= 0.6 is 0 Å². The molecule has 0 saturated carbocycles. The zero-order valence-corrected chi connectivity index (χ0v) is 13.6. The molecule has 26 heavy (non-hydrogen) atoms. The number of nitrogens with two attached hydrogens (primary N) is 1. The third kappa shape index (κ3) is 1.56. The van der Waals surface area contributed by atoms with Gasteiger partial charge < -0.3 is 15.8 Å². The molecule has 0 bridgehead atoms. The molecule has 0 radical (unpaired) electrons. The number of nitriles is 1. The van der Waals surface area contributed by atoms with Crippen LogP contribution in [0.2, 0.25) is 0 Å². The molecule has 124 valence electrons. The van der Waals surface area contributed by atoms with Crippen LogP contribution in [0.4, 0.5) is 5.69 Å². The van der Waals surface area contributed by atoms with Crippen molar-refractivity contribution in [1.82, 2.24) is 0 Å². The summed E-state index contributed by atoms with van der Waals surface area (Å²) in [6.45, 7) is 0. The Bertz CT molecular complexity index is 1190. The summed E-state index contributed by atoms with van der Waals surface area (Å²) < 4.78 is 5.85. The second kappa shape index (κ2) is 4.87. The Morgan fingerprint density at radius 3 is 2.62 bits per heavy atom. The number of hydrogen-bond acceptors (Lipinski definition) is 4. The Morgan fingerprint density at radius 1 is 1.00 bits per heavy atom. The summed E-state index contributed by atoms with van der Waals surface area (Å²) in [6, 6.07) is 21.0. The van der Waals surface area contributed by atoms with E-state index in [2.05, 4.69) is 11.4 Å². The third-order valence-corrected chi connectivity index (χ3v) is 5.15. The Hall–Kier alpha value is -3.78. The Labute approximate surface area is 149 Å². The quantitative estimate of drug-likeness (QED) is 0.658. The number of amides is 1. The average Bonchev–Trinajstić information content (AvgIpc) is 2.95. The van der Waals surface area contributed by atoms with Crippen LogP contribution in [0.25, 0.3) is 10.8 Å². The molecule has 0 fully saturated rings. The topological polar surface area (TPSA) is 88.1 Å². The number of carbonyl (C=O) groups is 1. The smallest absolute Gasteiger partial charge is 0.245 e. The first-order chi connectivity index (χ1) is 12.7. The summed E-state index contributed by atoms with van der Waals surface area (Å²) in [7, 11) is 0. The summed E-state index contributed by atoms with van der Waals surface area (Å²) in [4.78, 5) is 13.2. The van der Waals surface area contributed by atoms with Gasteiger partial charge in [-0.25, -0.2) is 0 Å². The lowest BCUT2D eigenvalue weighted by Gasteiger charge is -2.34. The predicted molar refractivity (Wildman–Crippen MR) is 97.3 cm³/mol. The maximum atomic E-state index is 13.2. The normalized spacial score (nSPS) is 20.3. The first-order valence-electron chi connectivity index (χ1n) is 8.19. The zero-order chi connectivity index (χ0) is 17.9. The molecule has 3 aromatic rings. The lowest BCUT2D eigenvalue weighted by Crippen LogP contribution is -2.42. The molecule has 2 aliphatic rings. The van der Waals surface area contributed by atoms with E-state index < -0.39 is 5.41 Å². The number of para-hydroxylation sites is 1. The number of benzene rings is 3. The van der Waals surface area contributed by atoms with Gasteiger partial charge in [-0.3, -0.25) is 4.79 Å². The number of carbonyl (C=O) groups excluding carboxylic acids is 1. The highest BCUT2D eigenvalue weighted by atomic mass is 16.5. The van der Waals surface area contributed by atoms with Gasteiger partial charge in [-0.2, -0.15) is 5.26 Å². The Morgan fingerprint density at radius 2 is 1.77 bits per heavy atom. The van der Waals surface area contributed by atoms with E-state index in [0.717, 1.165) is 10.8 Å². The summed E-state index contributed by atoms with van der Waals surface area (Å²) in [6.07, 6.45) is 0. The fourth-order valence-corrected chi connectivity index (χ4v) is 4.04. The average molecular weight is 339 g/mol. The van der Waals surface area contributed by atoms with E-state index in [-0.39, 0.29) is 17.4 Å². The van der Waals surface area contributed by atoms with Crippen LogP contribution in [-0.2, 0) is 10.2 Å². The van der Waals surface area contributed by atoms with Gasteiger partial charge in [-0.1, -0.05) is 54.6 Å². The summed E-state index contributed by atoms with van der Waals surface area (Å²) in [5.74, 6) is 0.188. The van der Waals surface area contributed by atoms with E-state index in [1.165, 1.54) is 0 Å². The van der Waals surface area contributed by atoms with Crippen LogP contribution in [-0.4, -0.2) is 5.91 Å². The van der Waals surface area contributed by atoms with Gasteiger partial charge in [0, 0.05) is 22.2 Å². The molecule has 0 aliphatic carbocycles. The summed E-state index contributed by atoms with van der Waals surface area (Å²) >= 11 is 0. The number of anilines is 1. The Kier molecular flexibility index (Phi) is 2.72. The van der Waals surface area contributed by atoms with Crippen molar-refractivity contribution in [3.8, 4) is 11.8 Å². The highest BCUT2D eigenvalue weighted by molar-refractivity contribution is 6.13. The van der Waals surface area contributed by atoms with Crippen LogP contribution in [0, 0.1) is 11.3 Å². The number of fused-ring (bicyclic) bond motifs is 6. The molecular formula is C21H13N3O2. The number of rotatable bonds is 0. The fraction of sp³-hybridized carbons (Fsp3) is 0.0476. The van der Waals surface area contributed by atoms with Crippen molar-refractivity contribution in [2.75, 3.05) is 5.32 Å². The van der Waals surface area contributed by atoms with Gasteiger partial charge in [0.15, 0.2) is 0 Å². The molecule has 3 aromatic carbocycles. The molecule has 0 aromatic heterocycles. The maximum absolute atomic E-state index is 13.2. The van der Waals surface area contributed by atoms with Gasteiger partial charge in [0.2, 0.25) is 11.8 Å². The third-order valence-electron chi connectivity index (χ3n) is 5.15. The monoisotopic (exact) mass is 339 g/mol. The molecule has 1 spiro atoms. The number of hydrogen-bond donors (Lipinski definition) is 2. The summed E-state index contributed by atoms with van der Waals surface area (Å²) in [5.41, 5.74) is 6.96. The number of ether oxygens (including phenoxy) is 1. The molecule has 0 saturated heterocycles. The van der Waals surface area contributed by atoms with Gasteiger partial charge in [-0.15, -0.1) is 0 Å². The minimum atomic E-state index is -1.30.